The van der Waals surface area contributed by atoms with E-state index in [-0.39, 0.29) is 5.91 Å². The van der Waals surface area contributed by atoms with Crippen LogP contribution < -0.4 is 10.6 Å². The Morgan fingerprint density at radius 1 is 0.881 bits per heavy atom. The Hall–Kier alpha value is -3.71. The predicted molar refractivity (Wildman–Crippen MR) is 178 cm³/mol. The lowest BCUT2D eigenvalue weighted by Crippen LogP contribution is -2.18. The van der Waals surface area contributed by atoms with E-state index in [9.17, 15) is 9.59 Å². The Bertz CT molecular complexity index is 1260. The van der Waals surface area contributed by atoms with E-state index < -0.39 is 0 Å². The van der Waals surface area contributed by atoms with Crippen molar-refractivity contribution >= 4 is 41.4 Å². The van der Waals surface area contributed by atoms with Crippen molar-refractivity contribution in [1.82, 2.24) is 10.3 Å². The van der Waals surface area contributed by atoms with E-state index in [2.05, 4.69) is 22.5 Å². The van der Waals surface area contributed by atoms with Crippen molar-refractivity contribution in [2.75, 3.05) is 19.4 Å². The second-order valence-corrected chi connectivity index (χ2v) is 11.0. The molecule has 0 aliphatic heterocycles. The highest BCUT2D eigenvalue weighted by Gasteiger charge is 2.12. The van der Waals surface area contributed by atoms with Crippen LogP contribution in [0.15, 0.2) is 82.7 Å². The van der Waals surface area contributed by atoms with Crippen LogP contribution in [0.4, 0.5) is 5.69 Å². The van der Waals surface area contributed by atoms with E-state index in [1.165, 1.54) is 63.1 Å². The van der Waals surface area contributed by atoms with Gasteiger partial charge in [-0.05, 0) is 61.0 Å². The maximum atomic E-state index is 12.1. The molecule has 42 heavy (non-hydrogen) atoms. The first-order chi connectivity index (χ1) is 20.5. The summed E-state index contributed by atoms with van der Waals surface area (Å²) in [5.41, 5.74) is 3.48. The maximum Gasteiger partial charge on any atom is 0.252 e. The summed E-state index contributed by atoms with van der Waals surface area (Å²) < 4.78 is 0. The molecule has 0 aliphatic carbocycles. The number of rotatable bonds is 17. The molecule has 0 fully saturated rings. The van der Waals surface area contributed by atoms with Crippen LogP contribution >= 0.6 is 11.8 Å². The molecule has 1 aromatic heterocycles. The first-order valence-corrected chi connectivity index (χ1v) is 15.8. The highest BCUT2D eigenvalue weighted by Crippen LogP contribution is 2.33. The lowest BCUT2D eigenvalue weighted by Gasteiger charge is -2.12. The highest BCUT2D eigenvalue weighted by atomic mass is 32.2. The Balaban J connectivity index is 0.000000401. The number of pyridine rings is 1. The maximum absolute atomic E-state index is 12.1. The minimum Gasteiger partial charge on any atom is -0.388 e. The zero-order chi connectivity index (χ0) is 30.4. The average Bonchev–Trinajstić information content (AvgIpc) is 3.03. The fourth-order valence-corrected chi connectivity index (χ4v) is 5.29. The zero-order valence-electron chi connectivity index (χ0n) is 25.3. The molecule has 0 radical (unpaired) electrons. The van der Waals surface area contributed by atoms with Crippen LogP contribution in [-0.2, 0) is 4.79 Å². The van der Waals surface area contributed by atoms with Gasteiger partial charge in [-0.25, -0.2) is 0 Å². The van der Waals surface area contributed by atoms with Gasteiger partial charge < -0.3 is 20.8 Å². The topological polar surface area (TPSA) is 94.9 Å². The first-order valence-electron chi connectivity index (χ1n) is 15.0. The summed E-state index contributed by atoms with van der Waals surface area (Å²) in [6, 6.07) is 19.1. The summed E-state index contributed by atoms with van der Waals surface area (Å²) in [5, 5.41) is 14.3. The number of allylic oxidation sites excluding steroid dienone is 1. The molecule has 2 aromatic carbocycles. The van der Waals surface area contributed by atoms with Gasteiger partial charge in [0, 0.05) is 47.8 Å². The molecule has 3 N–H and O–H groups in total. The van der Waals surface area contributed by atoms with Gasteiger partial charge in [0.1, 0.15) is 6.29 Å². The number of aldehydes is 1. The second kappa shape index (κ2) is 21.1. The van der Waals surface area contributed by atoms with Crippen molar-refractivity contribution in [2.45, 2.75) is 80.9 Å². The molecule has 7 heteroatoms. The van der Waals surface area contributed by atoms with Gasteiger partial charge in [0.15, 0.2) is 0 Å². The van der Waals surface area contributed by atoms with Crippen LogP contribution in [0.1, 0.15) is 92.7 Å². The molecule has 0 unspecified atom stereocenters. The molecule has 0 atom stereocenters. The minimum absolute atomic E-state index is 0.111. The number of carbonyl (C=O) groups is 2. The van der Waals surface area contributed by atoms with Crippen LogP contribution in [0, 0.1) is 5.41 Å². The van der Waals surface area contributed by atoms with Gasteiger partial charge >= 0.3 is 0 Å². The fourth-order valence-electron chi connectivity index (χ4n) is 4.30. The van der Waals surface area contributed by atoms with E-state index >= 15 is 0 Å². The first kappa shape index (κ1) is 34.5. The molecule has 1 heterocycles. The summed E-state index contributed by atoms with van der Waals surface area (Å²) in [6.45, 7) is 2.25. The van der Waals surface area contributed by atoms with Crippen molar-refractivity contribution in [2.24, 2.45) is 0 Å². The van der Waals surface area contributed by atoms with Gasteiger partial charge in [-0.2, -0.15) is 0 Å². The van der Waals surface area contributed by atoms with Gasteiger partial charge in [0.25, 0.3) is 5.91 Å². The van der Waals surface area contributed by atoms with E-state index in [1.54, 1.807) is 19.3 Å². The van der Waals surface area contributed by atoms with Crippen LogP contribution in [0.2, 0.25) is 0 Å². The molecule has 0 saturated carbocycles. The molecule has 0 aliphatic rings. The SMILES string of the molecule is CCCCCCCCCCCC=O.CNC(=O)c1ccccc1Sc1ccc(C(=N)/C=C/c2ccccn2)c(NC)c1. The summed E-state index contributed by atoms with van der Waals surface area (Å²) in [4.78, 5) is 28.2. The molecule has 3 aromatic rings. The molecule has 0 bridgehead atoms. The molecule has 3 rings (SSSR count). The third-order valence-corrected chi connectivity index (χ3v) is 7.74. The Morgan fingerprint density at radius 2 is 1.57 bits per heavy atom. The number of amides is 1. The van der Waals surface area contributed by atoms with E-state index in [4.69, 9.17) is 5.41 Å². The van der Waals surface area contributed by atoms with E-state index in [0.717, 1.165) is 45.9 Å². The standard InChI is InChI=1S/C23H22N4OS.C12H24O/c1-25-21-15-17(29-22-9-4-3-8-19(22)23(28)26-2)11-12-18(21)20(24)13-10-16-7-5-6-14-27-16;1-2-3-4-5-6-7-8-9-10-11-12-13/h3-15,24-25H,1-2H3,(H,26,28);12H,2-11H2,1H3/b13-10+,24-20?;. The highest BCUT2D eigenvalue weighted by molar-refractivity contribution is 7.99. The van der Waals surface area contributed by atoms with Crippen molar-refractivity contribution in [3.8, 4) is 0 Å². The second-order valence-electron chi connectivity index (χ2n) is 9.92. The number of hydrogen-bond donors (Lipinski definition) is 3. The normalized spacial score (nSPS) is 10.5. The average molecular weight is 587 g/mol. The number of nitrogens with one attached hydrogen (secondary N) is 3. The molecular weight excluding hydrogens is 540 g/mol. The smallest absolute Gasteiger partial charge is 0.252 e. The van der Waals surface area contributed by atoms with Gasteiger partial charge in [0.2, 0.25) is 0 Å². The van der Waals surface area contributed by atoms with Crippen LogP contribution in [0.3, 0.4) is 0 Å². The number of carbonyl (C=O) groups excluding carboxylic acids is 2. The Kier molecular flexibility index (Phi) is 17.3. The summed E-state index contributed by atoms with van der Waals surface area (Å²) >= 11 is 1.52. The van der Waals surface area contributed by atoms with Crippen LogP contribution in [-0.4, -0.2) is 37.0 Å². The summed E-state index contributed by atoms with van der Waals surface area (Å²) in [7, 11) is 3.46. The third kappa shape index (κ3) is 12.9. The number of aromatic nitrogens is 1. The van der Waals surface area contributed by atoms with Crippen molar-refractivity contribution < 1.29 is 9.59 Å². The van der Waals surface area contributed by atoms with Gasteiger partial charge in [-0.3, -0.25) is 9.78 Å². The number of hydrogen-bond acceptors (Lipinski definition) is 6. The Labute approximate surface area is 256 Å². The lowest BCUT2D eigenvalue weighted by atomic mass is 10.1. The minimum atomic E-state index is -0.111. The quantitative estimate of drug-likeness (QED) is 0.0834. The molecule has 6 nitrogen and oxygen atoms in total. The molecule has 1 amide bonds. The monoisotopic (exact) mass is 586 g/mol. The lowest BCUT2D eigenvalue weighted by molar-refractivity contribution is -0.107. The Morgan fingerprint density at radius 3 is 2.21 bits per heavy atom. The van der Waals surface area contributed by atoms with E-state index in [0.29, 0.717) is 11.3 Å². The number of anilines is 1. The molecule has 0 saturated heterocycles. The van der Waals surface area contributed by atoms with Crippen molar-refractivity contribution in [1.29, 1.82) is 5.41 Å². The largest absolute Gasteiger partial charge is 0.388 e. The predicted octanol–water partition coefficient (Wildman–Crippen LogP) is 8.82. The summed E-state index contributed by atoms with van der Waals surface area (Å²) in [6.07, 6.45) is 19.0. The van der Waals surface area contributed by atoms with Gasteiger partial charge in [-0.1, -0.05) is 88.3 Å². The fraction of sp³-hybridized carbons (Fsp3) is 0.371. The van der Waals surface area contributed by atoms with E-state index in [1.807, 2.05) is 73.8 Å². The number of unbranched alkanes of at least 4 members (excludes halogenated alkanes) is 9. The molecule has 0 spiro atoms. The summed E-state index contributed by atoms with van der Waals surface area (Å²) in [5.74, 6) is -0.111. The molecular formula is C35H46N4O2S. The van der Waals surface area contributed by atoms with Crippen LogP contribution in [0.25, 0.3) is 6.08 Å². The number of nitrogens with zero attached hydrogens (tertiary/aromatic N) is 1. The van der Waals surface area contributed by atoms with Crippen LogP contribution in [0.5, 0.6) is 0 Å². The molecule has 224 valence electrons. The number of benzene rings is 2. The third-order valence-electron chi connectivity index (χ3n) is 6.67. The van der Waals surface area contributed by atoms with Gasteiger partial charge in [0.05, 0.1) is 17.0 Å². The van der Waals surface area contributed by atoms with Crippen molar-refractivity contribution in [3.63, 3.8) is 0 Å². The zero-order valence-corrected chi connectivity index (χ0v) is 26.1. The van der Waals surface area contributed by atoms with Gasteiger partial charge in [-0.15, -0.1) is 0 Å². The van der Waals surface area contributed by atoms with Crippen molar-refractivity contribution in [3.05, 3.63) is 89.8 Å².